The number of allylic oxidation sites excluding steroid dienone is 2. The maximum absolute atomic E-state index is 2.48. The van der Waals surface area contributed by atoms with Gasteiger partial charge in [-0.05, 0) is 17.5 Å². The van der Waals surface area contributed by atoms with Crippen LogP contribution in [0.2, 0.25) is 23.7 Å². The smallest absolute Gasteiger partial charge is 0.0593 e. The summed E-state index contributed by atoms with van der Waals surface area (Å²) < 4.78 is 0. The maximum atomic E-state index is 2.48. The lowest BCUT2D eigenvalue weighted by Crippen LogP contribution is -2.40. The van der Waals surface area contributed by atoms with E-state index in [1.54, 1.807) is 0 Å². The van der Waals surface area contributed by atoms with Gasteiger partial charge in [0.25, 0.3) is 0 Å². The largest absolute Gasteiger partial charge is 0.0917 e. The zero-order valence-corrected chi connectivity index (χ0v) is 10.7. The Morgan fingerprint density at radius 3 is 1.83 bits per heavy atom. The minimum atomic E-state index is -1.12. The molecule has 0 N–H and O–H groups in total. The van der Waals surface area contributed by atoms with Gasteiger partial charge < -0.3 is 0 Å². The molecule has 0 aliphatic carbocycles. The van der Waals surface area contributed by atoms with Crippen LogP contribution in [0.15, 0.2) is 12.2 Å². The number of hydrogen-bond acceptors (Lipinski definition) is 0. The molecule has 0 nitrogen and oxygen atoms in total. The van der Waals surface area contributed by atoms with E-state index in [0.29, 0.717) is 5.04 Å². The summed E-state index contributed by atoms with van der Waals surface area (Å²) in [5.74, 6) is 0. The van der Waals surface area contributed by atoms with Gasteiger partial charge >= 0.3 is 0 Å². The predicted octanol–water partition coefficient (Wildman–Crippen LogP) is 4.46. The van der Waals surface area contributed by atoms with Gasteiger partial charge in [0.1, 0.15) is 0 Å². The molecule has 0 rings (SSSR count). The molecule has 0 amide bonds. The minimum Gasteiger partial charge on any atom is -0.0917 e. The lowest BCUT2D eigenvalue weighted by Gasteiger charge is -2.40. The Balaban J connectivity index is 4.61. The molecule has 0 aliphatic heterocycles. The summed E-state index contributed by atoms with van der Waals surface area (Å²) in [5.41, 5.74) is 0.780. The normalized spacial score (nSPS) is 16.9. The maximum Gasteiger partial charge on any atom is 0.0593 e. The van der Waals surface area contributed by atoms with Crippen molar-refractivity contribution in [2.45, 2.75) is 58.3 Å². The topological polar surface area (TPSA) is 0 Å². The average Bonchev–Trinajstić information content (AvgIpc) is 1.85. The Bertz CT molecular complexity index is 160. The molecule has 0 saturated heterocycles. The molecule has 0 spiro atoms. The second-order valence-corrected chi connectivity index (χ2v) is 11.1. The molecule has 1 atom stereocenters. The van der Waals surface area contributed by atoms with Gasteiger partial charge in [0.05, 0.1) is 8.07 Å². The first-order valence-electron chi connectivity index (χ1n) is 4.86. The SMILES string of the molecule is C/C=C\C(C)[Si](C)(C)C(C)(C)C. The first kappa shape index (κ1) is 12.0. The highest BCUT2D eigenvalue weighted by molar-refractivity contribution is 6.81. The molecular weight excluding hydrogens is 160 g/mol. The van der Waals surface area contributed by atoms with Gasteiger partial charge in [-0.3, -0.25) is 0 Å². The molecule has 0 aromatic carbocycles. The zero-order chi connectivity index (χ0) is 9.99. The Morgan fingerprint density at radius 2 is 1.58 bits per heavy atom. The molecule has 0 aromatic rings. The Labute approximate surface area is 79.1 Å². The van der Waals surface area contributed by atoms with Gasteiger partial charge in [-0.2, -0.15) is 0 Å². The van der Waals surface area contributed by atoms with Crippen LogP contribution in [0.3, 0.4) is 0 Å². The van der Waals surface area contributed by atoms with E-state index >= 15 is 0 Å². The van der Waals surface area contributed by atoms with E-state index in [9.17, 15) is 0 Å². The second kappa shape index (κ2) is 3.78. The molecule has 1 heteroatoms. The fourth-order valence-electron chi connectivity index (χ4n) is 1.21. The van der Waals surface area contributed by atoms with Crippen LogP contribution in [-0.2, 0) is 0 Å². The lowest BCUT2D eigenvalue weighted by atomic mass is 10.2. The van der Waals surface area contributed by atoms with Crippen molar-refractivity contribution in [3.63, 3.8) is 0 Å². The van der Waals surface area contributed by atoms with Gasteiger partial charge in [-0.25, -0.2) is 0 Å². The van der Waals surface area contributed by atoms with E-state index in [0.717, 1.165) is 5.54 Å². The third-order valence-electron chi connectivity index (χ3n) is 3.55. The average molecular weight is 184 g/mol. The Hall–Kier alpha value is -0.0431. The fraction of sp³-hybridized carbons (Fsp3) is 0.818. The van der Waals surface area contributed by atoms with Crippen LogP contribution >= 0.6 is 0 Å². The second-order valence-electron chi connectivity index (χ2n) is 5.29. The van der Waals surface area contributed by atoms with Gasteiger partial charge in [0, 0.05) is 0 Å². The highest BCUT2D eigenvalue weighted by Crippen LogP contribution is 2.43. The summed E-state index contributed by atoms with van der Waals surface area (Å²) >= 11 is 0. The van der Waals surface area contributed by atoms with E-state index in [-0.39, 0.29) is 0 Å². The van der Waals surface area contributed by atoms with E-state index in [1.807, 2.05) is 0 Å². The molecule has 0 aromatic heterocycles. The molecule has 0 fully saturated rings. The van der Waals surface area contributed by atoms with Gasteiger partial charge in [-0.15, -0.1) is 0 Å². The van der Waals surface area contributed by atoms with Crippen LogP contribution < -0.4 is 0 Å². The quantitative estimate of drug-likeness (QED) is 0.439. The van der Waals surface area contributed by atoms with E-state index in [4.69, 9.17) is 0 Å². The summed E-state index contributed by atoms with van der Waals surface area (Å²) in [6, 6.07) is 0. The van der Waals surface area contributed by atoms with Gasteiger partial charge in [0.15, 0.2) is 0 Å². The molecule has 0 radical (unpaired) electrons. The molecule has 12 heavy (non-hydrogen) atoms. The van der Waals surface area contributed by atoms with Crippen molar-refractivity contribution >= 4 is 8.07 Å². The molecular formula is C11H24Si. The monoisotopic (exact) mass is 184 g/mol. The minimum absolute atomic E-state index is 0.506. The van der Waals surface area contributed by atoms with E-state index in [1.165, 1.54) is 0 Å². The lowest BCUT2D eigenvalue weighted by molar-refractivity contribution is 0.704. The van der Waals surface area contributed by atoms with Crippen molar-refractivity contribution in [3.05, 3.63) is 12.2 Å². The number of hydrogen-bond donors (Lipinski definition) is 0. The van der Waals surface area contributed by atoms with E-state index < -0.39 is 8.07 Å². The molecule has 0 aliphatic rings. The van der Waals surface area contributed by atoms with Gasteiger partial charge in [-0.1, -0.05) is 52.9 Å². The summed E-state index contributed by atoms with van der Waals surface area (Å²) in [5, 5.41) is 0.506. The zero-order valence-electron chi connectivity index (χ0n) is 9.73. The highest BCUT2D eigenvalue weighted by atomic mass is 28.3. The Kier molecular flexibility index (Phi) is 3.76. The van der Waals surface area contributed by atoms with Crippen molar-refractivity contribution in [2.24, 2.45) is 0 Å². The standard InChI is InChI=1S/C11H24Si/c1-8-9-10(2)12(6,7)11(3,4)5/h8-10H,1-7H3/b9-8-. The van der Waals surface area contributed by atoms with Crippen molar-refractivity contribution in [2.75, 3.05) is 0 Å². The third kappa shape index (κ3) is 2.48. The van der Waals surface area contributed by atoms with Crippen LogP contribution in [0.5, 0.6) is 0 Å². The molecule has 1 unspecified atom stereocenters. The summed E-state index contributed by atoms with van der Waals surface area (Å²) in [4.78, 5) is 0. The fourth-order valence-corrected chi connectivity index (χ4v) is 3.25. The van der Waals surface area contributed by atoms with Crippen LogP contribution in [0, 0.1) is 0 Å². The van der Waals surface area contributed by atoms with Crippen LogP contribution in [-0.4, -0.2) is 8.07 Å². The van der Waals surface area contributed by atoms with Crippen molar-refractivity contribution < 1.29 is 0 Å². The Morgan fingerprint density at radius 1 is 1.17 bits per heavy atom. The molecule has 72 valence electrons. The van der Waals surface area contributed by atoms with Crippen LogP contribution in [0.4, 0.5) is 0 Å². The first-order valence-corrected chi connectivity index (χ1v) is 7.94. The summed E-state index contributed by atoms with van der Waals surface area (Å²) in [6.07, 6.45) is 4.54. The molecule has 0 saturated carbocycles. The van der Waals surface area contributed by atoms with Crippen molar-refractivity contribution in [1.82, 2.24) is 0 Å². The molecule has 0 bridgehead atoms. The third-order valence-corrected chi connectivity index (χ3v) is 9.89. The van der Waals surface area contributed by atoms with Crippen LogP contribution in [0.1, 0.15) is 34.6 Å². The first-order chi connectivity index (χ1) is 5.23. The highest BCUT2D eigenvalue weighted by Gasteiger charge is 2.38. The van der Waals surface area contributed by atoms with Crippen molar-refractivity contribution in [1.29, 1.82) is 0 Å². The summed E-state index contributed by atoms with van der Waals surface area (Å²) in [6.45, 7) is 16.6. The van der Waals surface area contributed by atoms with Crippen molar-refractivity contribution in [3.8, 4) is 0 Å². The predicted molar refractivity (Wildman–Crippen MR) is 61.4 cm³/mol. The van der Waals surface area contributed by atoms with Crippen LogP contribution in [0.25, 0.3) is 0 Å². The summed E-state index contributed by atoms with van der Waals surface area (Å²) in [7, 11) is -1.12. The van der Waals surface area contributed by atoms with Gasteiger partial charge in [0.2, 0.25) is 0 Å². The number of rotatable bonds is 2. The van der Waals surface area contributed by atoms with E-state index in [2.05, 4.69) is 59.9 Å². The molecule has 0 heterocycles.